The molecule has 1 unspecified atom stereocenters. The molecule has 7 heteroatoms. The first-order chi connectivity index (χ1) is 14.8. The topological polar surface area (TPSA) is 65.6 Å². The Kier molecular flexibility index (Phi) is 5.97. The Morgan fingerprint density at radius 1 is 1.29 bits per heavy atom. The Bertz CT molecular complexity index is 1120. The smallest absolute Gasteiger partial charge is 0.181 e. The van der Waals surface area contributed by atoms with Crippen LogP contribution in [0.4, 0.5) is 21.6 Å². The van der Waals surface area contributed by atoms with Crippen LogP contribution in [0.1, 0.15) is 56.8 Å². The largest absolute Gasteiger partial charge is 0.353 e. The van der Waals surface area contributed by atoms with Crippen LogP contribution in [0, 0.1) is 6.92 Å². The zero-order chi connectivity index (χ0) is 22.2. The molecule has 0 aliphatic heterocycles. The number of pyridine rings is 1. The van der Waals surface area contributed by atoms with Gasteiger partial charge in [0.05, 0.1) is 11.4 Å². The average molecular weight is 440 g/mol. The average Bonchev–Trinajstić information content (AvgIpc) is 3.08. The maximum absolute atomic E-state index is 14.7. The lowest BCUT2D eigenvalue weighted by Gasteiger charge is -2.26. The van der Waals surface area contributed by atoms with Gasteiger partial charge in [-0.1, -0.05) is 26.0 Å². The van der Waals surface area contributed by atoms with Crippen molar-refractivity contribution in [2.45, 2.75) is 62.9 Å². The fourth-order valence-corrected chi connectivity index (χ4v) is 4.31. The summed E-state index contributed by atoms with van der Waals surface area (Å²) in [5, 5.41) is 6.60. The summed E-state index contributed by atoms with van der Waals surface area (Å²) in [6.45, 7) is 9.09. The van der Waals surface area contributed by atoms with Gasteiger partial charge in [-0.05, 0) is 63.0 Å². The van der Waals surface area contributed by atoms with E-state index in [1.54, 1.807) is 18.7 Å². The van der Waals surface area contributed by atoms with Crippen LogP contribution in [0.3, 0.4) is 0 Å². The molecular formula is C24H30FN5S. The van der Waals surface area contributed by atoms with Gasteiger partial charge in [0.25, 0.3) is 0 Å². The van der Waals surface area contributed by atoms with Crippen LogP contribution >= 0.6 is 11.8 Å². The number of H-pyrrole nitrogens is 1. The van der Waals surface area contributed by atoms with Gasteiger partial charge in [0.15, 0.2) is 5.65 Å². The summed E-state index contributed by atoms with van der Waals surface area (Å²) in [4.78, 5) is 13.5. The van der Waals surface area contributed by atoms with E-state index in [1.807, 2.05) is 13.0 Å². The Morgan fingerprint density at radius 3 is 2.71 bits per heavy atom. The highest BCUT2D eigenvalue weighted by molar-refractivity contribution is 7.98. The summed E-state index contributed by atoms with van der Waals surface area (Å²) in [5.74, 6) is 1.98. The number of aromatic amines is 1. The molecule has 0 spiro atoms. The number of hydrogen-bond donors (Lipinski definition) is 3. The van der Waals surface area contributed by atoms with Gasteiger partial charge in [-0.2, -0.15) is 0 Å². The van der Waals surface area contributed by atoms with Crippen molar-refractivity contribution in [2.75, 3.05) is 16.9 Å². The minimum Gasteiger partial charge on any atom is -0.353 e. The molecule has 0 radical (unpaired) electrons. The lowest BCUT2D eigenvalue weighted by molar-refractivity contribution is 0.234. The van der Waals surface area contributed by atoms with Crippen molar-refractivity contribution in [1.82, 2.24) is 15.0 Å². The minimum atomic E-state index is -1.52. The summed E-state index contributed by atoms with van der Waals surface area (Å²) in [6.07, 6.45) is 6.31. The van der Waals surface area contributed by atoms with Gasteiger partial charge in [-0.3, -0.25) is 0 Å². The molecule has 5 nitrogen and oxygen atoms in total. The third-order valence-corrected chi connectivity index (χ3v) is 7.00. The molecule has 1 atom stereocenters. The molecule has 1 saturated carbocycles. The highest BCUT2D eigenvalue weighted by Crippen LogP contribution is 2.40. The number of halogens is 1. The van der Waals surface area contributed by atoms with Crippen molar-refractivity contribution in [2.24, 2.45) is 0 Å². The number of nitrogens with one attached hydrogen (secondary N) is 3. The molecule has 164 valence electrons. The van der Waals surface area contributed by atoms with Gasteiger partial charge in [-0.25, -0.2) is 14.4 Å². The molecule has 2 aromatic heterocycles. The molecule has 1 aromatic carbocycles. The van der Waals surface area contributed by atoms with Gasteiger partial charge in [0, 0.05) is 16.7 Å². The second-order valence-corrected chi connectivity index (χ2v) is 9.29. The van der Waals surface area contributed by atoms with E-state index in [-0.39, 0.29) is 5.70 Å². The summed E-state index contributed by atoms with van der Waals surface area (Å²) in [6, 6.07) is 8.54. The van der Waals surface area contributed by atoms with Gasteiger partial charge in [0.1, 0.15) is 22.8 Å². The molecule has 0 amide bonds. The normalized spacial score (nSPS) is 16.0. The van der Waals surface area contributed by atoms with E-state index in [2.05, 4.69) is 56.6 Å². The van der Waals surface area contributed by atoms with Crippen molar-refractivity contribution >= 4 is 40.1 Å². The molecule has 3 N–H and O–H groups in total. The number of fused-ring (bicyclic) bond motifs is 1. The van der Waals surface area contributed by atoms with E-state index in [4.69, 9.17) is 0 Å². The predicted molar refractivity (Wildman–Crippen MR) is 129 cm³/mol. The SMILES string of the molecule is C=C(Nc1cc(Nc2ccc(C3CCC3)cc2SC)c2[nH]c(C)nc2n1)C(C)(F)CC. The quantitative estimate of drug-likeness (QED) is 0.328. The zero-order valence-electron chi connectivity index (χ0n) is 18.6. The first-order valence-electron chi connectivity index (χ1n) is 10.8. The van der Waals surface area contributed by atoms with Crippen LogP contribution in [0.25, 0.3) is 11.2 Å². The van der Waals surface area contributed by atoms with Crippen LogP contribution < -0.4 is 10.6 Å². The lowest BCUT2D eigenvalue weighted by atomic mass is 9.80. The monoisotopic (exact) mass is 439 g/mol. The van der Waals surface area contributed by atoms with E-state index in [0.29, 0.717) is 23.8 Å². The summed E-state index contributed by atoms with van der Waals surface area (Å²) in [5.41, 5.74) is 3.45. The van der Waals surface area contributed by atoms with Gasteiger partial charge in [-0.15, -0.1) is 11.8 Å². The molecule has 0 saturated heterocycles. The van der Waals surface area contributed by atoms with Crippen molar-refractivity contribution < 1.29 is 4.39 Å². The number of alkyl halides is 1. The first kappa shape index (κ1) is 21.7. The van der Waals surface area contributed by atoms with Crippen LogP contribution in [0.5, 0.6) is 0 Å². The summed E-state index contributed by atoms with van der Waals surface area (Å²) < 4.78 is 14.7. The first-order valence-corrected chi connectivity index (χ1v) is 12.0. The number of aryl methyl sites for hydroxylation is 1. The fourth-order valence-electron chi connectivity index (χ4n) is 3.72. The second-order valence-electron chi connectivity index (χ2n) is 8.44. The number of allylic oxidation sites excluding steroid dienone is 1. The Balaban J connectivity index is 1.69. The Morgan fingerprint density at radius 2 is 2.06 bits per heavy atom. The van der Waals surface area contributed by atoms with Crippen molar-refractivity contribution in [1.29, 1.82) is 0 Å². The highest BCUT2D eigenvalue weighted by Gasteiger charge is 2.25. The number of nitrogens with zero attached hydrogens (tertiary/aromatic N) is 2. The van der Waals surface area contributed by atoms with Crippen LogP contribution in [-0.2, 0) is 0 Å². The molecule has 31 heavy (non-hydrogen) atoms. The number of aromatic nitrogens is 3. The Labute approximate surface area is 187 Å². The van der Waals surface area contributed by atoms with Gasteiger partial charge in [0.2, 0.25) is 0 Å². The summed E-state index contributed by atoms with van der Waals surface area (Å²) in [7, 11) is 0. The summed E-state index contributed by atoms with van der Waals surface area (Å²) >= 11 is 1.73. The van der Waals surface area contributed by atoms with E-state index >= 15 is 0 Å². The maximum Gasteiger partial charge on any atom is 0.181 e. The highest BCUT2D eigenvalue weighted by atomic mass is 32.2. The third kappa shape index (κ3) is 4.42. The molecule has 0 bridgehead atoms. The maximum atomic E-state index is 14.7. The Hall–Kier alpha value is -2.54. The third-order valence-electron chi connectivity index (χ3n) is 6.22. The lowest BCUT2D eigenvalue weighted by Crippen LogP contribution is -2.24. The molecular weight excluding hydrogens is 409 g/mol. The van der Waals surface area contributed by atoms with E-state index < -0.39 is 5.67 Å². The van der Waals surface area contributed by atoms with Crippen molar-refractivity contribution in [3.05, 3.63) is 47.9 Å². The van der Waals surface area contributed by atoms with E-state index in [9.17, 15) is 4.39 Å². The van der Waals surface area contributed by atoms with E-state index in [1.165, 1.54) is 36.6 Å². The predicted octanol–water partition coefficient (Wildman–Crippen LogP) is 7.06. The number of imidazole rings is 1. The van der Waals surface area contributed by atoms with E-state index in [0.717, 1.165) is 22.7 Å². The van der Waals surface area contributed by atoms with Crippen molar-refractivity contribution in [3.8, 4) is 0 Å². The molecule has 2 heterocycles. The number of hydrogen-bond acceptors (Lipinski definition) is 5. The van der Waals surface area contributed by atoms with Gasteiger partial charge < -0.3 is 15.6 Å². The zero-order valence-corrected chi connectivity index (χ0v) is 19.4. The standard InChI is InChI=1S/C24H30FN5S/c1-6-24(4,25)14(2)26-21-13-19(22-23(30-21)28-15(3)27-22)29-18-11-10-17(12-20(18)31-5)16-8-7-9-16/h10-13,16H,2,6-9H2,1,3-5H3,(H3,26,27,28,29,30). The number of thioether (sulfide) groups is 1. The minimum absolute atomic E-state index is 0.287. The molecule has 1 aliphatic carbocycles. The number of anilines is 3. The number of benzene rings is 1. The van der Waals surface area contributed by atoms with Crippen molar-refractivity contribution in [3.63, 3.8) is 0 Å². The van der Waals surface area contributed by atoms with Crippen LogP contribution in [-0.4, -0.2) is 26.9 Å². The molecule has 1 fully saturated rings. The number of rotatable bonds is 8. The fraction of sp³-hybridized carbons (Fsp3) is 0.417. The van der Waals surface area contributed by atoms with Crippen LogP contribution in [0.15, 0.2) is 41.4 Å². The molecule has 1 aliphatic rings. The van der Waals surface area contributed by atoms with Gasteiger partial charge >= 0.3 is 0 Å². The molecule has 3 aromatic rings. The molecule has 4 rings (SSSR count). The van der Waals surface area contributed by atoms with Crippen LogP contribution in [0.2, 0.25) is 0 Å². The second kappa shape index (κ2) is 8.54.